The Kier molecular flexibility index (Phi) is 4.33. The Bertz CT molecular complexity index is 1480. The molecule has 0 saturated heterocycles. The van der Waals surface area contributed by atoms with Gasteiger partial charge in [0.05, 0.1) is 44.1 Å². The van der Waals surface area contributed by atoms with E-state index in [0.717, 1.165) is 0 Å². The second kappa shape index (κ2) is 6.73. The molecule has 5 heterocycles. The van der Waals surface area contributed by atoms with E-state index >= 15 is 0 Å². The van der Waals surface area contributed by atoms with E-state index in [9.17, 15) is 19.8 Å². The van der Waals surface area contributed by atoms with Gasteiger partial charge in [-0.3, -0.25) is 9.59 Å². The molecule has 0 spiro atoms. The monoisotopic (exact) mass is 433 g/mol. The van der Waals surface area contributed by atoms with Gasteiger partial charge in [-0.1, -0.05) is 0 Å². The smallest absolute Gasteiger partial charge is 0.225 e. The Morgan fingerprint density at radius 3 is 0.966 bits per heavy atom. The molecule has 0 unspecified atom stereocenters. The fourth-order valence-corrected chi connectivity index (χ4v) is 3.24. The van der Waals surface area contributed by atoms with Crippen molar-refractivity contribution in [2.75, 3.05) is 0 Å². The summed E-state index contributed by atoms with van der Waals surface area (Å²) in [5, 5.41) is 21.0. The Balaban J connectivity index is 0.00000205. The van der Waals surface area contributed by atoms with E-state index in [2.05, 4.69) is 19.9 Å². The maximum Gasteiger partial charge on any atom is 0.225 e. The molecule has 8 bridgehead atoms. The summed E-state index contributed by atoms with van der Waals surface area (Å²) in [4.78, 5) is 36.9. The SMILES string of the molecule is O=c1c2ccc([nH]2)c(O)c2ccc([nH]2)c(O)c2ccc([nH]2)c(=O)c2ccc1[nH]2.[Co]. The third-order valence-corrected chi connectivity index (χ3v) is 4.74. The van der Waals surface area contributed by atoms with Gasteiger partial charge < -0.3 is 30.1 Å². The molecule has 0 atom stereocenters. The summed E-state index contributed by atoms with van der Waals surface area (Å²) in [5.74, 6) is -0.195. The van der Waals surface area contributed by atoms with Crippen molar-refractivity contribution in [3.63, 3.8) is 0 Å². The summed E-state index contributed by atoms with van der Waals surface area (Å²) in [6.07, 6.45) is 0. The van der Waals surface area contributed by atoms with Crippen LogP contribution in [0.4, 0.5) is 0 Å². The number of H-pyrrole nitrogens is 4. The first kappa shape index (κ1) is 18.7. The Morgan fingerprint density at radius 2 is 0.655 bits per heavy atom. The molecular formula is C20H14CoN4O4. The van der Waals surface area contributed by atoms with E-state index in [-0.39, 0.29) is 61.2 Å². The zero-order chi connectivity index (χ0) is 19.4. The van der Waals surface area contributed by atoms with E-state index in [1.165, 1.54) is 12.1 Å². The van der Waals surface area contributed by atoms with Crippen molar-refractivity contribution in [1.29, 1.82) is 0 Å². The summed E-state index contributed by atoms with van der Waals surface area (Å²) in [6, 6.07) is 12.5. The summed E-state index contributed by atoms with van der Waals surface area (Å²) < 4.78 is 0. The molecule has 0 fully saturated rings. The van der Waals surface area contributed by atoms with Crippen LogP contribution in [0.25, 0.3) is 44.1 Å². The Morgan fingerprint density at radius 1 is 0.448 bits per heavy atom. The van der Waals surface area contributed by atoms with Gasteiger partial charge in [-0.25, -0.2) is 0 Å². The van der Waals surface area contributed by atoms with Crippen LogP contribution in [-0.4, -0.2) is 30.1 Å². The van der Waals surface area contributed by atoms with Crippen molar-refractivity contribution in [3.8, 4) is 11.5 Å². The van der Waals surface area contributed by atoms with Gasteiger partial charge in [0.15, 0.2) is 11.5 Å². The zero-order valence-electron chi connectivity index (χ0n) is 14.7. The summed E-state index contributed by atoms with van der Waals surface area (Å²) in [5.41, 5.74) is 1.74. The van der Waals surface area contributed by atoms with Crippen molar-refractivity contribution < 1.29 is 27.0 Å². The maximum absolute atomic E-state index is 12.7. The van der Waals surface area contributed by atoms with Crippen LogP contribution in [0.15, 0.2) is 58.1 Å². The van der Waals surface area contributed by atoms with Crippen molar-refractivity contribution in [2.45, 2.75) is 0 Å². The van der Waals surface area contributed by atoms with Crippen LogP contribution in [-0.2, 0) is 16.8 Å². The fraction of sp³-hybridized carbons (Fsp3) is 0. The first-order chi connectivity index (χ1) is 13.5. The number of aromatic hydroxyl groups is 2. The number of hydrogen-bond donors (Lipinski definition) is 6. The molecule has 0 amide bonds. The minimum atomic E-state index is -0.337. The molecule has 29 heavy (non-hydrogen) atoms. The molecular weight excluding hydrogens is 419 g/mol. The third kappa shape index (κ3) is 2.92. The third-order valence-electron chi connectivity index (χ3n) is 4.74. The van der Waals surface area contributed by atoms with Crippen LogP contribution < -0.4 is 10.9 Å². The van der Waals surface area contributed by atoms with Gasteiger partial charge in [0, 0.05) is 16.8 Å². The predicted octanol–water partition coefficient (Wildman–Crippen LogP) is 2.87. The topological polar surface area (TPSA) is 138 Å². The molecule has 5 aromatic heterocycles. The molecule has 5 rings (SSSR count). The molecule has 0 aliphatic heterocycles. The van der Waals surface area contributed by atoms with Crippen molar-refractivity contribution in [1.82, 2.24) is 19.9 Å². The number of fused-ring (bicyclic) bond motifs is 8. The number of aromatic nitrogens is 4. The van der Waals surface area contributed by atoms with Crippen LogP contribution >= 0.6 is 0 Å². The van der Waals surface area contributed by atoms with Crippen LogP contribution in [0, 0.1) is 0 Å². The van der Waals surface area contributed by atoms with Crippen LogP contribution in [0.3, 0.4) is 0 Å². The Labute approximate surface area is 171 Å². The van der Waals surface area contributed by atoms with Gasteiger partial charge in [-0.15, -0.1) is 0 Å². The summed E-state index contributed by atoms with van der Waals surface area (Å²) >= 11 is 0. The number of nitrogens with one attached hydrogen (secondary N) is 4. The van der Waals surface area contributed by atoms with Gasteiger partial charge in [0.25, 0.3) is 0 Å². The predicted molar refractivity (Wildman–Crippen MR) is 107 cm³/mol. The molecule has 1 radical (unpaired) electrons. The second-order valence-electron chi connectivity index (χ2n) is 6.50. The normalized spacial score (nSPS) is 11.0. The van der Waals surface area contributed by atoms with E-state index in [1.807, 2.05) is 0 Å². The number of rotatable bonds is 0. The number of aromatic amines is 4. The zero-order valence-corrected chi connectivity index (χ0v) is 15.7. The molecule has 6 N–H and O–H groups in total. The molecule has 9 heteroatoms. The fourth-order valence-electron chi connectivity index (χ4n) is 3.24. The molecule has 147 valence electrons. The van der Waals surface area contributed by atoms with Crippen molar-refractivity contribution in [2.24, 2.45) is 0 Å². The summed E-state index contributed by atoms with van der Waals surface area (Å²) in [7, 11) is 0. The minimum absolute atomic E-state index is 0. The van der Waals surface area contributed by atoms with Gasteiger partial charge >= 0.3 is 0 Å². The Hall–Kier alpha value is -3.69. The molecule has 0 aliphatic rings. The molecule has 0 aromatic carbocycles. The first-order valence-corrected chi connectivity index (χ1v) is 8.50. The summed E-state index contributed by atoms with van der Waals surface area (Å²) in [6.45, 7) is 0. The van der Waals surface area contributed by atoms with Gasteiger partial charge in [-0.2, -0.15) is 0 Å². The standard InChI is InChI=1S/C20H14N4O4.Co/c25-17-9-1-2-10(21-9)18(26)12-5-6-14(23-12)20(28)16-8-7-15(24-16)19(27)13-4-3-11(17)22-13;/h1-8,21-26H;. The van der Waals surface area contributed by atoms with Gasteiger partial charge in [0.2, 0.25) is 10.9 Å². The second-order valence-corrected chi connectivity index (χ2v) is 6.50. The average Bonchev–Trinajstić information content (AvgIpc) is 3.49. The van der Waals surface area contributed by atoms with Crippen LogP contribution in [0.2, 0.25) is 0 Å². The maximum atomic E-state index is 12.7. The average molecular weight is 433 g/mol. The first-order valence-electron chi connectivity index (χ1n) is 8.50. The molecule has 0 saturated carbocycles. The molecule has 8 nitrogen and oxygen atoms in total. The van der Waals surface area contributed by atoms with E-state index < -0.39 is 0 Å². The molecule has 0 aliphatic carbocycles. The largest absolute Gasteiger partial charge is 0.504 e. The van der Waals surface area contributed by atoms with Crippen molar-refractivity contribution in [3.05, 3.63) is 69.0 Å². The number of hydrogen-bond acceptors (Lipinski definition) is 4. The van der Waals surface area contributed by atoms with E-state index in [1.54, 1.807) is 36.4 Å². The molecule has 5 aromatic rings. The van der Waals surface area contributed by atoms with Gasteiger partial charge in [-0.05, 0) is 48.5 Å². The van der Waals surface area contributed by atoms with E-state index in [0.29, 0.717) is 22.1 Å². The van der Waals surface area contributed by atoms with Crippen LogP contribution in [0.5, 0.6) is 11.5 Å². The minimum Gasteiger partial charge on any atom is -0.504 e. The van der Waals surface area contributed by atoms with Crippen molar-refractivity contribution >= 4 is 44.1 Å². The van der Waals surface area contributed by atoms with E-state index in [4.69, 9.17) is 0 Å². The van der Waals surface area contributed by atoms with Gasteiger partial charge in [0.1, 0.15) is 0 Å². The quantitative estimate of drug-likeness (QED) is 0.224. The van der Waals surface area contributed by atoms with Crippen LogP contribution in [0.1, 0.15) is 0 Å².